The molecule has 0 bridgehead atoms. The fourth-order valence-corrected chi connectivity index (χ4v) is 3.23. The molecule has 2 rings (SSSR count). The van der Waals surface area contributed by atoms with Gasteiger partial charge in [-0.3, -0.25) is 4.90 Å². The molecule has 0 saturated carbocycles. The lowest BCUT2D eigenvalue weighted by atomic mass is 9.91. The highest BCUT2D eigenvalue weighted by Gasteiger charge is 2.30. The predicted molar refractivity (Wildman–Crippen MR) is 90.8 cm³/mol. The summed E-state index contributed by atoms with van der Waals surface area (Å²) in [6.45, 7) is 8.90. The molecule has 124 valence electrons. The summed E-state index contributed by atoms with van der Waals surface area (Å²) in [5, 5.41) is 0. The average Bonchev–Trinajstić information content (AvgIpc) is 2.59. The van der Waals surface area contributed by atoms with E-state index in [0.29, 0.717) is 18.8 Å². The minimum atomic E-state index is 0.402. The summed E-state index contributed by atoms with van der Waals surface area (Å²) in [6.07, 6.45) is 4.98. The summed E-state index contributed by atoms with van der Waals surface area (Å²) < 4.78 is 11.2. The van der Waals surface area contributed by atoms with Gasteiger partial charge in [-0.05, 0) is 31.5 Å². The lowest BCUT2D eigenvalue weighted by Crippen LogP contribution is -2.40. The standard InChI is InChI=1S/C19H31NO2/c1-3-5-12-20(13-6-4-2)19(17-10-8-7-9-11-17)18-14-21-16-22-15-18/h7-11,18-19H,3-6,12-16H2,1-2H3. The summed E-state index contributed by atoms with van der Waals surface area (Å²) in [7, 11) is 0. The molecule has 0 radical (unpaired) electrons. The van der Waals surface area contributed by atoms with Crippen LogP contribution < -0.4 is 0 Å². The molecule has 0 aliphatic carbocycles. The normalized spacial score (nSPS) is 17.8. The van der Waals surface area contributed by atoms with Gasteiger partial charge in [-0.2, -0.15) is 0 Å². The maximum absolute atomic E-state index is 5.59. The molecule has 22 heavy (non-hydrogen) atoms. The third kappa shape index (κ3) is 5.08. The summed E-state index contributed by atoms with van der Waals surface area (Å²) in [5.74, 6) is 0.421. The SMILES string of the molecule is CCCCN(CCCC)C(c1ccccc1)C1COCOC1. The smallest absolute Gasteiger partial charge is 0.146 e. The lowest BCUT2D eigenvalue weighted by Gasteiger charge is -2.39. The van der Waals surface area contributed by atoms with Gasteiger partial charge in [0.25, 0.3) is 0 Å². The van der Waals surface area contributed by atoms with Crippen LogP contribution in [0.5, 0.6) is 0 Å². The van der Waals surface area contributed by atoms with Gasteiger partial charge in [0.05, 0.1) is 13.2 Å². The van der Waals surface area contributed by atoms with Crippen molar-refractivity contribution in [1.29, 1.82) is 0 Å². The van der Waals surface area contributed by atoms with E-state index in [1.165, 1.54) is 31.2 Å². The Bertz CT molecular complexity index is 382. The molecule has 0 amide bonds. The fourth-order valence-electron chi connectivity index (χ4n) is 3.23. The molecular formula is C19H31NO2. The highest BCUT2D eigenvalue weighted by atomic mass is 16.7. The number of benzene rings is 1. The van der Waals surface area contributed by atoms with Crippen LogP contribution in [0.15, 0.2) is 30.3 Å². The zero-order valence-electron chi connectivity index (χ0n) is 14.2. The van der Waals surface area contributed by atoms with Gasteiger partial charge < -0.3 is 9.47 Å². The minimum absolute atomic E-state index is 0.402. The number of hydrogen-bond acceptors (Lipinski definition) is 3. The van der Waals surface area contributed by atoms with E-state index >= 15 is 0 Å². The Morgan fingerprint density at radius 3 is 2.14 bits per heavy atom. The number of ether oxygens (including phenoxy) is 2. The van der Waals surface area contributed by atoms with E-state index < -0.39 is 0 Å². The van der Waals surface area contributed by atoms with E-state index in [0.717, 1.165) is 26.3 Å². The van der Waals surface area contributed by atoms with E-state index in [4.69, 9.17) is 9.47 Å². The third-order valence-corrected chi connectivity index (χ3v) is 4.41. The van der Waals surface area contributed by atoms with Crippen LogP contribution in [0.4, 0.5) is 0 Å². The van der Waals surface area contributed by atoms with Crippen molar-refractivity contribution in [2.45, 2.75) is 45.6 Å². The molecular weight excluding hydrogens is 274 g/mol. The Hall–Kier alpha value is -0.900. The first-order valence-corrected chi connectivity index (χ1v) is 8.81. The Morgan fingerprint density at radius 2 is 1.59 bits per heavy atom. The van der Waals surface area contributed by atoms with Crippen molar-refractivity contribution in [1.82, 2.24) is 4.90 Å². The molecule has 1 saturated heterocycles. The topological polar surface area (TPSA) is 21.7 Å². The lowest BCUT2D eigenvalue weighted by molar-refractivity contribution is -0.142. The zero-order valence-corrected chi connectivity index (χ0v) is 14.2. The zero-order chi connectivity index (χ0) is 15.6. The summed E-state index contributed by atoms with van der Waals surface area (Å²) in [5.41, 5.74) is 1.40. The molecule has 1 heterocycles. The van der Waals surface area contributed by atoms with Crippen LogP contribution >= 0.6 is 0 Å². The first-order chi connectivity index (χ1) is 10.9. The van der Waals surface area contributed by atoms with Gasteiger partial charge in [0.1, 0.15) is 6.79 Å². The summed E-state index contributed by atoms with van der Waals surface area (Å²) in [4.78, 5) is 2.66. The number of nitrogens with zero attached hydrogens (tertiary/aromatic N) is 1. The van der Waals surface area contributed by atoms with Crippen LogP contribution in [-0.2, 0) is 9.47 Å². The number of hydrogen-bond donors (Lipinski definition) is 0. The van der Waals surface area contributed by atoms with Crippen molar-refractivity contribution in [2.24, 2.45) is 5.92 Å². The molecule has 0 aromatic heterocycles. The van der Waals surface area contributed by atoms with Crippen LogP contribution in [0.25, 0.3) is 0 Å². The average molecular weight is 305 g/mol. The number of unbranched alkanes of at least 4 members (excludes halogenated alkanes) is 2. The molecule has 1 aromatic carbocycles. The number of rotatable bonds is 9. The van der Waals surface area contributed by atoms with Crippen molar-refractivity contribution in [3.63, 3.8) is 0 Å². The van der Waals surface area contributed by atoms with Crippen molar-refractivity contribution in [3.8, 4) is 0 Å². The fraction of sp³-hybridized carbons (Fsp3) is 0.684. The highest BCUT2D eigenvalue weighted by Crippen LogP contribution is 2.31. The molecule has 1 unspecified atom stereocenters. The van der Waals surface area contributed by atoms with E-state index in [1.54, 1.807) is 0 Å². The maximum atomic E-state index is 5.59. The summed E-state index contributed by atoms with van der Waals surface area (Å²) in [6, 6.07) is 11.3. The van der Waals surface area contributed by atoms with Crippen molar-refractivity contribution in [3.05, 3.63) is 35.9 Å². The van der Waals surface area contributed by atoms with E-state index in [2.05, 4.69) is 49.1 Å². The molecule has 3 nitrogen and oxygen atoms in total. The molecule has 0 N–H and O–H groups in total. The second kappa shape index (κ2) is 9.98. The van der Waals surface area contributed by atoms with Crippen LogP contribution in [0.2, 0.25) is 0 Å². The molecule has 1 aliphatic rings. The molecule has 1 fully saturated rings. The van der Waals surface area contributed by atoms with Crippen molar-refractivity contribution < 1.29 is 9.47 Å². The second-order valence-corrected chi connectivity index (χ2v) is 6.22. The van der Waals surface area contributed by atoms with Crippen molar-refractivity contribution in [2.75, 3.05) is 33.1 Å². The first-order valence-electron chi connectivity index (χ1n) is 8.81. The van der Waals surface area contributed by atoms with E-state index in [-0.39, 0.29) is 0 Å². The van der Waals surface area contributed by atoms with Crippen LogP contribution in [0, 0.1) is 5.92 Å². The van der Waals surface area contributed by atoms with E-state index in [1.807, 2.05) is 0 Å². The first kappa shape index (κ1) is 17.5. The molecule has 0 spiro atoms. The minimum Gasteiger partial charge on any atom is -0.355 e. The molecule has 1 aliphatic heterocycles. The molecule has 1 atom stereocenters. The largest absolute Gasteiger partial charge is 0.355 e. The van der Waals surface area contributed by atoms with Gasteiger partial charge in [-0.25, -0.2) is 0 Å². The van der Waals surface area contributed by atoms with E-state index in [9.17, 15) is 0 Å². The van der Waals surface area contributed by atoms with Crippen LogP contribution in [0.1, 0.15) is 51.1 Å². The van der Waals surface area contributed by atoms with Gasteiger partial charge in [-0.1, -0.05) is 57.0 Å². The molecule has 1 aromatic rings. The van der Waals surface area contributed by atoms with Crippen LogP contribution in [-0.4, -0.2) is 38.0 Å². The second-order valence-electron chi connectivity index (χ2n) is 6.22. The van der Waals surface area contributed by atoms with Gasteiger partial charge in [0.15, 0.2) is 0 Å². The highest BCUT2D eigenvalue weighted by molar-refractivity contribution is 5.20. The summed E-state index contributed by atoms with van der Waals surface area (Å²) >= 11 is 0. The van der Waals surface area contributed by atoms with Gasteiger partial charge in [0, 0.05) is 12.0 Å². The Kier molecular flexibility index (Phi) is 7.92. The Labute approximate surface area is 135 Å². The Morgan fingerprint density at radius 1 is 1.00 bits per heavy atom. The third-order valence-electron chi connectivity index (χ3n) is 4.41. The quantitative estimate of drug-likeness (QED) is 0.681. The van der Waals surface area contributed by atoms with Gasteiger partial charge >= 0.3 is 0 Å². The monoisotopic (exact) mass is 305 g/mol. The van der Waals surface area contributed by atoms with Gasteiger partial charge in [0.2, 0.25) is 0 Å². The predicted octanol–water partition coefficient (Wildman–Crippen LogP) is 4.25. The van der Waals surface area contributed by atoms with Crippen LogP contribution in [0.3, 0.4) is 0 Å². The van der Waals surface area contributed by atoms with Gasteiger partial charge in [-0.15, -0.1) is 0 Å². The van der Waals surface area contributed by atoms with Crippen molar-refractivity contribution >= 4 is 0 Å². The Balaban J connectivity index is 2.18. The maximum Gasteiger partial charge on any atom is 0.146 e. The molecule has 3 heteroatoms.